The Morgan fingerprint density at radius 1 is 1.44 bits per heavy atom. The van der Waals surface area contributed by atoms with Crippen LogP contribution in [0.5, 0.6) is 0 Å². The number of benzene rings is 1. The molecule has 1 saturated heterocycles. The number of thiazole rings is 1. The lowest BCUT2D eigenvalue weighted by molar-refractivity contribution is 0.602. The Hall–Kier alpha value is -0.930. The van der Waals surface area contributed by atoms with E-state index in [1.807, 2.05) is 11.3 Å². The Kier molecular flexibility index (Phi) is 3.35. The largest absolute Gasteiger partial charge is 0.314 e. The third kappa shape index (κ3) is 2.43. The van der Waals surface area contributed by atoms with Gasteiger partial charge in [0.15, 0.2) is 0 Å². The van der Waals surface area contributed by atoms with Crippen LogP contribution in [0.3, 0.4) is 0 Å². The molecular weight excluding hydrogens is 240 g/mol. The summed E-state index contributed by atoms with van der Waals surface area (Å²) in [4.78, 5) is 4.76. The van der Waals surface area contributed by atoms with Crippen LogP contribution >= 0.6 is 11.3 Å². The van der Waals surface area contributed by atoms with Gasteiger partial charge in [0.25, 0.3) is 0 Å². The van der Waals surface area contributed by atoms with Gasteiger partial charge in [-0.3, -0.25) is 0 Å². The number of nitrogens with one attached hydrogen (secondary N) is 1. The Bertz CT molecular complexity index is 538. The molecule has 0 bridgehead atoms. The first kappa shape index (κ1) is 12.1. The van der Waals surface area contributed by atoms with E-state index >= 15 is 0 Å². The van der Waals surface area contributed by atoms with Gasteiger partial charge in [0.2, 0.25) is 0 Å². The molecule has 1 aliphatic heterocycles. The van der Waals surface area contributed by atoms with Crippen LogP contribution < -0.4 is 5.32 Å². The fraction of sp³-hybridized carbons (Fsp3) is 0.533. The minimum absolute atomic E-state index is 0.594. The molecule has 1 unspecified atom stereocenters. The molecule has 1 aromatic heterocycles. The minimum atomic E-state index is 0.594. The van der Waals surface area contributed by atoms with Crippen LogP contribution in [0.4, 0.5) is 0 Å². The molecule has 2 heterocycles. The van der Waals surface area contributed by atoms with E-state index in [2.05, 4.69) is 37.4 Å². The maximum atomic E-state index is 4.76. The Balaban J connectivity index is 1.85. The lowest BCUT2D eigenvalue weighted by Gasteiger charge is -2.05. The summed E-state index contributed by atoms with van der Waals surface area (Å²) in [6, 6.07) is 7.34. The first-order chi connectivity index (χ1) is 8.72. The van der Waals surface area contributed by atoms with E-state index in [0.717, 1.165) is 11.9 Å². The smallest absolute Gasteiger partial charge is 0.0954 e. The van der Waals surface area contributed by atoms with E-state index in [9.17, 15) is 0 Å². The van der Waals surface area contributed by atoms with Crippen molar-refractivity contribution in [3.05, 3.63) is 28.8 Å². The number of nitrogens with zero attached hydrogens (tertiary/aromatic N) is 1. The summed E-state index contributed by atoms with van der Waals surface area (Å²) in [6.07, 6.45) is 3.70. The maximum Gasteiger partial charge on any atom is 0.0954 e. The van der Waals surface area contributed by atoms with Gasteiger partial charge >= 0.3 is 0 Å². The van der Waals surface area contributed by atoms with Gasteiger partial charge in [-0.25, -0.2) is 4.98 Å². The molecule has 0 aliphatic carbocycles. The van der Waals surface area contributed by atoms with Crippen molar-refractivity contribution in [3.63, 3.8) is 0 Å². The Labute approximate surface area is 112 Å². The van der Waals surface area contributed by atoms with E-state index in [0.29, 0.717) is 12.0 Å². The van der Waals surface area contributed by atoms with Crippen molar-refractivity contribution < 1.29 is 0 Å². The van der Waals surface area contributed by atoms with Crippen LogP contribution in [0.15, 0.2) is 18.2 Å². The summed E-state index contributed by atoms with van der Waals surface area (Å²) in [6.45, 7) is 5.66. The van der Waals surface area contributed by atoms with E-state index in [1.165, 1.54) is 34.7 Å². The van der Waals surface area contributed by atoms with Gasteiger partial charge in [-0.05, 0) is 43.0 Å². The summed E-state index contributed by atoms with van der Waals surface area (Å²) in [5, 5.41) is 4.83. The van der Waals surface area contributed by atoms with Crippen molar-refractivity contribution in [2.45, 2.75) is 45.1 Å². The second-order valence-corrected chi connectivity index (χ2v) is 6.60. The highest BCUT2D eigenvalue weighted by Crippen LogP contribution is 2.27. The van der Waals surface area contributed by atoms with Crippen molar-refractivity contribution in [3.8, 4) is 0 Å². The van der Waals surface area contributed by atoms with Crippen molar-refractivity contribution in [1.82, 2.24) is 10.3 Å². The third-order valence-corrected chi connectivity index (χ3v) is 4.75. The molecule has 18 heavy (non-hydrogen) atoms. The number of hydrogen-bond acceptors (Lipinski definition) is 3. The molecule has 2 aromatic rings. The summed E-state index contributed by atoms with van der Waals surface area (Å²) in [5.74, 6) is 0.594. The third-order valence-electron chi connectivity index (χ3n) is 3.71. The average Bonchev–Trinajstić information content (AvgIpc) is 2.96. The average molecular weight is 260 g/mol. The number of aromatic nitrogens is 1. The summed E-state index contributed by atoms with van der Waals surface area (Å²) in [7, 11) is 0. The van der Waals surface area contributed by atoms with Gasteiger partial charge in [0.1, 0.15) is 0 Å². The molecule has 1 N–H and O–H groups in total. The SMILES string of the molecule is CC(C)c1ccc2nc(CC3CCCN3)sc2c1. The number of fused-ring (bicyclic) bond motifs is 1. The highest BCUT2D eigenvalue weighted by atomic mass is 32.1. The van der Waals surface area contributed by atoms with Crippen molar-refractivity contribution >= 4 is 21.6 Å². The predicted molar refractivity (Wildman–Crippen MR) is 78.4 cm³/mol. The second-order valence-electron chi connectivity index (χ2n) is 5.49. The second kappa shape index (κ2) is 4.98. The van der Waals surface area contributed by atoms with Gasteiger partial charge < -0.3 is 5.32 Å². The van der Waals surface area contributed by atoms with Gasteiger partial charge in [-0.15, -0.1) is 11.3 Å². The van der Waals surface area contributed by atoms with Crippen LogP contribution in [0.2, 0.25) is 0 Å². The van der Waals surface area contributed by atoms with Crippen molar-refractivity contribution in [2.24, 2.45) is 0 Å². The molecule has 3 heteroatoms. The molecule has 1 aromatic carbocycles. The number of hydrogen-bond donors (Lipinski definition) is 1. The van der Waals surface area contributed by atoms with Gasteiger partial charge in [0.05, 0.1) is 15.2 Å². The molecule has 0 radical (unpaired) electrons. The van der Waals surface area contributed by atoms with Crippen LogP contribution in [0.1, 0.15) is 43.2 Å². The zero-order chi connectivity index (χ0) is 12.5. The zero-order valence-corrected chi connectivity index (χ0v) is 11.9. The molecule has 3 rings (SSSR count). The van der Waals surface area contributed by atoms with Crippen LogP contribution in [-0.4, -0.2) is 17.6 Å². The highest BCUT2D eigenvalue weighted by Gasteiger charge is 2.16. The number of rotatable bonds is 3. The Morgan fingerprint density at radius 2 is 2.33 bits per heavy atom. The summed E-state index contributed by atoms with van der Waals surface area (Å²) in [5.41, 5.74) is 2.58. The standard InChI is InChI=1S/C15H20N2S/c1-10(2)11-5-6-13-14(8-11)18-15(17-13)9-12-4-3-7-16-12/h5-6,8,10,12,16H,3-4,7,9H2,1-2H3. The highest BCUT2D eigenvalue weighted by molar-refractivity contribution is 7.18. The quantitative estimate of drug-likeness (QED) is 0.910. The predicted octanol–water partition coefficient (Wildman–Crippen LogP) is 3.71. The van der Waals surface area contributed by atoms with E-state index in [4.69, 9.17) is 4.98 Å². The molecular formula is C15H20N2S. The molecule has 0 amide bonds. The molecule has 1 aliphatic rings. The lowest BCUT2D eigenvalue weighted by Crippen LogP contribution is -2.23. The van der Waals surface area contributed by atoms with Gasteiger partial charge in [-0.1, -0.05) is 19.9 Å². The normalized spacial score (nSPS) is 20.1. The summed E-state index contributed by atoms with van der Waals surface area (Å²) < 4.78 is 1.34. The maximum absolute atomic E-state index is 4.76. The Morgan fingerprint density at radius 3 is 3.06 bits per heavy atom. The topological polar surface area (TPSA) is 24.9 Å². The van der Waals surface area contributed by atoms with Crippen LogP contribution in [0.25, 0.3) is 10.2 Å². The zero-order valence-electron chi connectivity index (χ0n) is 11.1. The molecule has 1 atom stereocenters. The van der Waals surface area contributed by atoms with Gasteiger partial charge in [0, 0.05) is 12.5 Å². The van der Waals surface area contributed by atoms with E-state index in [1.54, 1.807) is 0 Å². The molecule has 1 fully saturated rings. The molecule has 0 spiro atoms. The van der Waals surface area contributed by atoms with E-state index < -0.39 is 0 Å². The lowest BCUT2D eigenvalue weighted by atomic mass is 10.0. The minimum Gasteiger partial charge on any atom is -0.314 e. The van der Waals surface area contributed by atoms with Crippen molar-refractivity contribution in [2.75, 3.05) is 6.54 Å². The van der Waals surface area contributed by atoms with Gasteiger partial charge in [-0.2, -0.15) is 0 Å². The molecule has 96 valence electrons. The fourth-order valence-electron chi connectivity index (χ4n) is 2.58. The van der Waals surface area contributed by atoms with Crippen LogP contribution in [0, 0.1) is 0 Å². The summed E-state index contributed by atoms with van der Waals surface area (Å²) >= 11 is 1.86. The molecule has 2 nitrogen and oxygen atoms in total. The van der Waals surface area contributed by atoms with E-state index in [-0.39, 0.29) is 0 Å². The molecule has 0 saturated carbocycles. The van der Waals surface area contributed by atoms with Crippen LogP contribution in [-0.2, 0) is 6.42 Å². The first-order valence-corrected chi connectivity index (χ1v) is 7.67. The fourth-order valence-corrected chi connectivity index (χ4v) is 3.67. The van der Waals surface area contributed by atoms with Crippen molar-refractivity contribution in [1.29, 1.82) is 0 Å². The monoisotopic (exact) mass is 260 g/mol. The first-order valence-electron chi connectivity index (χ1n) is 6.85.